The Morgan fingerprint density at radius 1 is 0.279 bits per heavy atom. The van der Waals surface area contributed by atoms with Crippen molar-refractivity contribution in [2.24, 2.45) is 5.92 Å². The van der Waals surface area contributed by atoms with Crippen LogP contribution in [0, 0.1) is 5.92 Å². The number of carbonyl (C=O) groups excluding carboxylic acids is 3. The topological polar surface area (TPSA) is 78.9 Å². The molecule has 68 heavy (non-hydrogen) atoms. The van der Waals surface area contributed by atoms with Gasteiger partial charge in [-0.2, -0.15) is 0 Å². The van der Waals surface area contributed by atoms with Crippen LogP contribution < -0.4 is 0 Å². The third-order valence-corrected chi connectivity index (χ3v) is 14.3. The Morgan fingerprint density at radius 3 is 0.721 bits per heavy atom. The molecule has 1 atom stereocenters. The van der Waals surface area contributed by atoms with Gasteiger partial charge >= 0.3 is 17.9 Å². The van der Waals surface area contributed by atoms with Crippen molar-refractivity contribution in [3.05, 3.63) is 0 Å². The number of rotatable bonds is 57. The summed E-state index contributed by atoms with van der Waals surface area (Å²) in [5.74, 6) is -0.00445. The van der Waals surface area contributed by atoms with E-state index in [0.29, 0.717) is 19.3 Å². The molecule has 0 amide bonds. The molecule has 0 fully saturated rings. The van der Waals surface area contributed by atoms with Crippen molar-refractivity contribution in [3.63, 3.8) is 0 Å². The van der Waals surface area contributed by atoms with Crippen molar-refractivity contribution in [1.82, 2.24) is 0 Å². The number of unbranched alkanes of at least 4 members (excludes halogenated alkanes) is 44. The minimum absolute atomic E-state index is 0.0615. The van der Waals surface area contributed by atoms with E-state index in [2.05, 4.69) is 27.7 Å². The van der Waals surface area contributed by atoms with Crippen LogP contribution in [0.4, 0.5) is 0 Å². The second kappa shape index (κ2) is 56.3. The van der Waals surface area contributed by atoms with Crippen molar-refractivity contribution in [1.29, 1.82) is 0 Å². The van der Waals surface area contributed by atoms with Gasteiger partial charge in [-0.3, -0.25) is 14.4 Å². The zero-order valence-electron chi connectivity index (χ0n) is 46.6. The van der Waals surface area contributed by atoms with E-state index < -0.39 is 6.10 Å². The average molecular weight is 962 g/mol. The molecular formula is C62H120O6. The van der Waals surface area contributed by atoms with Crippen LogP contribution in [0.25, 0.3) is 0 Å². The molecular weight excluding hydrogens is 841 g/mol. The molecule has 0 aromatic carbocycles. The summed E-state index contributed by atoms with van der Waals surface area (Å²) in [5.41, 5.74) is 0. The summed E-state index contributed by atoms with van der Waals surface area (Å²) in [4.78, 5) is 38.2. The monoisotopic (exact) mass is 961 g/mol. The summed E-state index contributed by atoms with van der Waals surface area (Å²) in [6, 6.07) is 0. The van der Waals surface area contributed by atoms with Gasteiger partial charge in [-0.15, -0.1) is 0 Å². The average Bonchev–Trinajstić information content (AvgIpc) is 3.32. The second-order valence-corrected chi connectivity index (χ2v) is 21.8. The highest BCUT2D eigenvalue weighted by Crippen LogP contribution is 2.18. The number of esters is 3. The Bertz CT molecular complexity index is 1030. The molecule has 6 heteroatoms. The molecule has 0 rings (SSSR count). The molecule has 0 aliphatic heterocycles. The van der Waals surface area contributed by atoms with Gasteiger partial charge in [0.2, 0.25) is 0 Å². The molecule has 0 aromatic rings. The zero-order chi connectivity index (χ0) is 49.5. The first-order valence-corrected chi connectivity index (χ1v) is 30.9. The standard InChI is InChI=1S/C62H120O6/c1-5-7-9-11-13-15-17-19-21-23-24-26-27-29-33-37-41-45-49-53-60(63)66-56-59(57-67-61(64)54-50-46-42-38-35-31-32-36-40-44-48-52-58(3)4)68-62(65)55-51-47-43-39-34-30-28-25-22-20-18-16-14-12-10-8-6-2/h58-59H,5-57H2,1-4H3/t59-/m1/s1. The molecule has 0 saturated carbocycles. The molecule has 0 bridgehead atoms. The number of hydrogen-bond donors (Lipinski definition) is 0. The number of carbonyl (C=O) groups is 3. The highest BCUT2D eigenvalue weighted by atomic mass is 16.6. The highest BCUT2D eigenvalue weighted by molar-refractivity contribution is 5.71. The Hall–Kier alpha value is -1.59. The van der Waals surface area contributed by atoms with Crippen LogP contribution in [-0.2, 0) is 28.6 Å². The maximum absolute atomic E-state index is 12.9. The molecule has 6 nitrogen and oxygen atoms in total. The molecule has 0 heterocycles. The minimum Gasteiger partial charge on any atom is -0.462 e. The summed E-state index contributed by atoms with van der Waals surface area (Å²) in [7, 11) is 0. The maximum Gasteiger partial charge on any atom is 0.306 e. The molecule has 0 saturated heterocycles. The summed E-state index contributed by atoms with van der Waals surface area (Å²) >= 11 is 0. The molecule has 0 N–H and O–H groups in total. The van der Waals surface area contributed by atoms with Crippen molar-refractivity contribution < 1.29 is 28.6 Å². The van der Waals surface area contributed by atoms with E-state index in [1.165, 1.54) is 250 Å². The molecule has 0 aliphatic carbocycles. The summed E-state index contributed by atoms with van der Waals surface area (Å²) in [6.07, 6.45) is 62.4. The molecule has 0 unspecified atom stereocenters. The van der Waals surface area contributed by atoms with Crippen LogP contribution in [0.15, 0.2) is 0 Å². The zero-order valence-corrected chi connectivity index (χ0v) is 46.6. The van der Waals surface area contributed by atoms with E-state index in [4.69, 9.17) is 14.2 Å². The summed E-state index contributed by atoms with van der Waals surface area (Å²) in [5, 5.41) is 0. The second-order valence-electron chi connectivity index (χ2n) is 21.8. The van der Waals surface area contributed by atoms with E-state index in [-0.39, 0.29) is 31.1 Å². The molecule has 0 aliphatic rings. The van der Waals surface area contributed by atoms with Gasteiger partial charge in [-0.1, -0.05) is 317 Å². The maximum atomic E-state index is 12.9. The van der Waals surface area contributed by atoms with Gasteiger partial charge < -0.3 is 14.2 Å². The predicted molar refractivity (Wildman–Crippen MR) is 293 cm³/mol. The van der Waals surface area contributed by atoms with Crippen molar-refractivity contribution in [2.45, 2.75) is 361 Å². The third-order valence-electron chi connectivity index (χ3n) is 14.3. The van der Waals surface area contributed by atoms with Crippen LogP contribution in [0.2, 0.25) is 0 Å². The fraction of sp³-hybridized carbons (Fsp3) is 0.952. The van der Waals surface area contributed by atoms with Gasteiger partial charge in [-0.25, -0.2) is 0 Å². The first kappa shape index (κ1) is 66.4. The highest BCUT2D eigenvalue weighted by Gasteiger charge is 2.19. The van der Waals surface area contributed by atoms with Gasteiger partial charge in [-0.05, 0) is 25.2 Å². The lowest BCUT2D eigenvalue weighted by Gasteiger charge is -2.18. The lowest BCUT2D eigenvalue weighted by molar-refractivity contribution is -0.167. The Labute approximate surface area is 425 Å². The van der Waals surface area contributed by atoms with Crippen LogP contribution in [0.3, 0.4) is 0 Å². The third kappa shape index (κ3) is 55.3. The molecule has 0 spiro atoms. The minimum atomic E-state index is -0.762. The Balaban J connectivity index is 4.27. The van der Waals surface area contributed by atoms with Crippen LogP contribution in [0.1, 0.15) is 355 Å². The molecule has 0 radical (unpaired) electrons. The van der Waals surface area contributed by atoms with Crippen LogP contribution in [-0.4, -0.2) is 37.2 Å². The number of ether oxygens (including phenoxy) is 3. The van der Waals surface area contributed by atoms with Crippen LogP contribution in [0.5, 0.6) is 0 Å². The first-order valence-electron chi connectivity index (χ1n) is 30.9. The van der Waals surface area contributed by atoms with E-state index >= 15 is 0 Å². The largest absolute Gasteiger partial charge is 0.462 e. The predicted octanol–water partition coefficient (Wildman–Crippen LogP) is 20.6. The Morgan fingerprint density at radius 2 is 0.485 bits per heavy atom. The fourth-order valence-electron chi connectivity index (χ4n) is 9.63. The smallest absolute Gasteiger partial charge is 0.306 e. The molecule has 0 aromatic heterocycles. The first-order chi connectivity index (χ1) is 33.4. The van der Waals surface area contributed by atoms with Gasteiger partial charge in [0.05, 0.1) is 0 Å². The van der Waals surface area contributed by atoms with Gasteiger partial charge in [0, 0.05) is 19.3 Å². The summed E-state index contributed by atoms with van der Waals surface area (Å²) < 4.78 is 16.9. The normalized spacial score (nSPS) is 12.0. The van der Waals surface area contributed by atoms with E-state index in [0.717, 1.165) is 63.7 Å². The van der Waals surface area contributed by atoms with Gasteiger partial charge in [0.15, 0.2) is 6.10 Å². The van der Waals surface area contributed by atoms with Gasteiger partial charge in [0.25, 0.3) is 0 Å². The SMILES string of the molecule is CCCCCCCCCCCCCCCCCCCCCC(=O)OC[C@H](COC(=O)CCCCCCCCCCCCCC(C)C)OC(=O)CCCCCCCCCCCCCCCCCCC. The van der Waals surface area contributed by atoms with Crippen molar-refractivity contribution in [2.75, 3.05) is 13.2 Å². The van der Waals surface area contributed by atoms with Crippen molar-refractivity contribution >= 4 is 17.9 Å². The van der Waals surface area contributed by atoms with E-state index in [1.54, 1.807) is 0 Å². The molecule has 404 valence electrons. The quantitative estimate of drug-likeness (QED) is 0.0343. The van der Waals surface area contributed by atoms with Crippen LogP contribution >= 0.6 is 0 Å². The van der Waals surface area contributed by atoms with Gasteiger partial charge in [0.1, 0.15) is 13.2 Å². The summed E-state index contributed by atoms with van der Waals surface area (Å²) in [6.45, 7) is 9.07. The van der Waals surface area contributed by atoms with E-state index in [9.17, 15) is 14.4 Å². The Kier molecular flexibility index (Phi) is 55.0. The lowest BCUT2D eigenvalue weighted by atomic mass is 10.0. The van der Waals surface area contributed by atoms with Crippen molar-refractivity contribution in [3.8, 4) is 0 Å². The lowest BCUT2D eigenvalue weighted by Crippen LogP contribution is -2.30. The number of hydrogen-bond acceptors (Lipinski definition) is 6. The van der Waals surface area contributed by atoms with E-state index in [1.807, 2.05) is 0 Å². The fourth-order valence-corrected chi connectivity index (χ4v) is 9.63.